The van der Waals surface area contributed by atoms with Gasteiger partial charge in [-0.25, -0.2) is 0 Å². The number of carbonyl (C=O) groups is 1. The van der Waals surface area contributed by atoms with Crippen LogP contribution in [0.4, 0.5) is 5.00 Å². The van der Waals surface area contributed by atoms with Crippen LogP contribution in [-0.4, -0.2) is 16.8 Å². The molecule has 0 aliphatic carbocycles. The zero-order valence-electron chi connectivity index (χ0n) is 8.06. The standard InChI is InChI=1S/C10H12N2OS/c1-3-8-5-9(13)12(6-8)10-4-7(2)11-14-10/h3-4,8H,1,5-6H2,2H3. The lowest BCUT2D eigenvalue weighted by molar-refractivity contribution is -0.117. The summed E-state index contributed by atoms with van der Waals surface area (Å²) in [7, 11) is 0. The fourth-order valence-corrected chi connectivity index (χ4v) is 2.37. The van der Waals surface area contributed by atoms with E-state index in [4.69, 9.17) is 0 Å². The first-order valence-electron chi connectivity index (χ1n) is 4.57. The van der Waals surface area contributed by atoms with E-state index in [9.17, 15) is 4.79 Å². The third kappa shape index (κ3) is 1.57. The Hall–Kier alpha value is -1.16. The van der Waals surface area contributed by atoms with Gasteiger partial charge in [0, 0.05) is 18.9 Å². The highest BCUT2D eigenvalue weighted by molar-refractivity contribution is 7.10. The minimum absolute atomic E-state index is 0.179. The van der Waals surface area contributed by atoms with Crippen LogP contribution in [-0.2, 0) is 4.79 Å². The number of aromatic nitrogens is 1. The largest absolute Gasteiger partial charge is 0.302 e. The molecule has 1 saturated heterocycles. The summed E-state index contributed by atoms with van der Waals surface area (Å²) < 4.78 is 4.17. The number of hydrogen-bond donors (Lipinski definition) is 0. The summed E-state index contributed by atoms with van der Waals surface area (Å²) in [6, 6.07) is 1.95. The zero-order chi connectivity index (χ0) is 10.1. The molecular weight excluding hydrogens is 196 g/mol. The van der Waals surface area contributed by atoms with Crippen LogP contribution in [0.3, 0.4) is 0 Å². The lowest BCUT2D eigenvalue weighted by Gasteiger charge is -2.11. The lowest BCUT2D eigenvalue weighted by atomic mass is 10.1. The van der Waals surface area contributed by atoms with Gasteiger partial charge >= 0.3 is 0 Å². The number of anilines is 1. The average molecular weight is 208 g/mol. The molecule has 2 rings (SSSR count). The molecule has 0 aromatic carbocycles. The lowest BCUT2D eigenvalue weighted by Crippen LogP contribution is -2.23. The second-order valence-corrected chi connectivity index (χ2v) is 4.29. The molecule has 0 N–H and O–H groups in total. The van der Waals surface area contributed by atoms with Gasteiger partial charge in [-0.2, -0.15) is 4.37 Å². The van der Waals surface area contributed by atoms with E-state index in [1.165, 1.54) is 11.5 Å². The van der Waals surface area contributed by atoms with E-state index in [0.717, 1.165) is 17.2 Å². The molecule has 74 valence electrons. The van der Waals surface area contributed by atoms with Crippen molar-refractivity contribution in [3.05, 3.63) is 24.4 Å². The molecular formula is C10H12N2OS. The molecule has 0 saturated carbocycles. The predicted molar refractivity (Wildman–Crippen MR) is 57.5 cm³/mol. The van der Waals surface area contributed by atoms with Crippen LogP contribution in [0.15, 0.2) is 18.7 Å². The Morgan fingerprint density at radius 2 is 2.57 bits per heavy atom. The second kappa shape index (κ2) is 3.53. The first-order chi connectivity index (χ1) is 6.70. The van der Waals surface area contributed by atoms with E-state index in [1.54, 1.807) is 4.90 Å². The van der Waals surface area contributed by atoms with Crippen LogP contribution in [0.1, 0.15) is 12.1 Å². The number of amides is 1. The fourth-order valence-electron chi connectivity index (χ4n) is 1.58. The van der Waals surface area contributed by atoms with Gasteiger partial charge in [0.25, 0.3) is 0 Å². The van der Waals surface area contributed by atoms with Crippen molar-refractivity contribution in [2.45, 2.75) is 13.3 Å². The van der Waals surface area contributed by atoms with E-state index in [2.05, 4.69) is 11.0 Å². The molecule has 14 heavy (non-hydrogen) atoms. The molecule has 0 radical (unpaired) electrons. The first kappa shape index (κ1) is 9.40. The van der Waals surface area contributed by atoms with E-state index >= 15 is 0 Å². The Morgan fingerprint density at radius 3 is 3.07 bits per heavy atom. The minimum atomic E-state index is 0.179. The quantitative estimate of drug-likeness (QED) is 0.696. The van der Waals surface area contributed by atoms with Crippen LogP contribution in [0, 0.1) is 12.8 Å². The molecule has 0 spiro atoms. The molecule has 3 nitrogen and oxygen atoms in total. The highest BCUT2D eigenvalue weighted by Gasteiger charge is 2.29. The summed E-state index contributed by atoms with van der Waals surface area (Å²) in [4.78, 5) is 13.4. The monoisotopic (exact) mass is 208 g/mol. The number of aryl methyl sites for hydroxylation is 1. The van der Waals surface area contributed by atoms with Crippen LogP contribution in [0.5, 0.6) is 0 Å². The smallest absolute Gasteiger partial charge is 0.228 e. The Balaban J connectivity index is 2.20. The predicted octanol–water partition coefficient (Wildman–Crippen LogP) is 1.99. The van der Waals surface area contributed by atoms with Crippen molar-refractivity contribution < 1.29 is 4.79 Å². The topological polar surface area (TPSA) is 33.2 Å². The van der Waals surface area contributed by atoms with Crippen molar-refractivity contribution in [1.29, 1.82) is 0 Å². The summed E-state index contributed by atoms with van der Waals surface area (Å²) >= 11 is 1.38. The van der Waals surface area contributed by atoms with Gasteiger partial charge in [-0.15, -0.1) is 6.58 Å². The van der Waals surface area contributed by atoms with Gasteiger partial charge in [0.2, 0.25) is 5.91 Å². The summed E-state index contributed by atoms with van der Waals surface area (Å²) in [5.74, 6) is 0.475. The molecule has 1 atom stereocenters. The Kier molecular flexibility index (Phi) is 2.37. The molecule has 1 aliphatic rings. The van der Waals surface area contributed by atoms with Crippen molar-refractivity contribution in [1.82, 2.24) is 4.37 Å². The zero-order valence-corrected chi connectivity index (χ0v) is 8.88. The molecule has 2 heterocycles. The molecule has 1 amide bonds. The molecule has 1 aromatic heterocycles. The maximum absolute atomic E-state index is 11.6. The maximum atomic E-state index is 11.6. The maximum Gasteiger partial charge on any atom is 0.228 e. The van der Waals surface area contributed by atoms with Gasteiger partial charge in [0.1, 0.15) is 5.00 Å². The van der Waals surface area contributed by atoms with Gasteiger partial charge in [-0.3, -0.25) is 4.79 Å². The Bertz CT molecular complexity index is 372. The number of carbonyl (C=O) groups excluding carboxylic acids is 1. The molecule has 1 unspecified atom stereocenters. The van der Waals surface area contributed by atoms with Gasteiger partial charge < -0.3 is 4.90 Å². The average Bonchev–Trinajstić information content (AvgIpc) is 2.71. The van der Waals surface area contributed by atoms with Crippen molar-refractivity contribution >= 4 is 22.4 Å². The normalized spacial score (nSPS) is 21.6. The highest BCUT2D eigenvalue weighted by atomic mass is 32.1. The summed E-state index contributed by atoms with van der Waals surface area (Å²) in [6.07, 6.45) is 2.44. The van der Waals surface area contributed by atoms with E-state index in [1.807, 2.05) is 19.1 Å². The van der Waals surface area contributed by atoms with Gasteiger partial charge in [-0.05, 0) is 24.5 Å². The second-order valence-electron chi connectivity index (χ2n) is 3.51. The number of nitrogens with zero attached hydrogens (tertiary/aromatic N) is 2. The Morgan fingerprint density at radius 1 is 1.79 bits per heavy atom. The van der Waals surface area contributed by atoms with E-state index < -0.39 is 0 Å². The summed E-state index contributed by atoms with van der Waals surface area (Å²) in [5, 5.41) is 0.955. The van der Waals surface area contributed by atoms with Crippen LogP contribution < -0.4 is 4.90 Å². The van der Waals surface area contributed by atoms with Crippen molar-refractivity contribution in [2.75, 3.05) is 11.4 Å². The first-order valence-corrected chi connectivity index (χ1v) is 5.34. The SMILES string of the molecule is C=CC1CC(=O)N(c2cc(C)ns2)C1. The molecule has 1 aromatic rings. The van der Waals surface area contributed by atoms with Crippen molar-refractivity contribution in [3.8, 4) is 0 Å². The van der Waals surface area contributed by atoms with Crippen LogP contribution >= 0.6 is 11.5 Å². The highest BCUT2D eigenvalue weighted by Crippen LogP contribution is 2.28. The summed E-state index contributed by atoms with van der Waals surface area (Å²) in [5.41, 5.74) is 0.972. The van der Waals surface area contributed by atoms with Gasteiger partial charge in [0.05, 0.1) is 5.69 Å². The van der Waals surface area contributed by atoms with E-state index in [0.29, 0.717) is 12.3 Å². The van der Waals surface area contributed by atoms with Crippen LogP contribution in [0.2, 0.25) is 0 Å². The Labute approximate surface area is 87.2 Å². The third-order valence-corrected chi connectivity index (χ3v) is 3.27. The van der Waals surface area contributed by atoms with Crippen LogP contribution in [0.25, 0.3) is 0 Å². The fraction of sp³-hybridized carbons (Fsp3) is 0.400. The summed E-state index contributed by atoms with van der Waals surface area (Å²) in [6.45, 7) is 6.41. The van der Waals surface area contributed by atoms with E-state index in [-0.39, 0.29) is 5.91 Å². The minimum Gasteiger partial charge on any atom is -0.302 e. The molecule has 4 heteroatoms. The molecule has 1 fully saturated rings. The van der Waals surface area contributed by atoms with Gasteiger partial charge in [-0.1, -0.05) is 6.08 Å². The van der Waals surface area contributed by atoms with Gasteiger partial charge in [0.15, 0.2) is 0 Å². The third-order valence-electron chi connectivity index (χ3n) is 2.37. The van der Waals surface area contributed by atoms with Crippen molar-refractivity contribution in [3.63, 3.8) is 0 Å². The number of hydrogen-bond acceptors (Lipinski definition) is 3. The van der Waals surface area contributed by atoms with Crippen molar-refractivity contribution in [2.24, 2.45) is 5.92 Å². The molecule has 0 bridgehead atoms. The molecule has 1 aliphatic heterocycles. The number of rotatable bonds is 2.